The fraction of sp³-hybridized carbons (Fsp3) is 0.111. The monoisotopic (exact) mass is 484 g/mol. The maximum absolute atomic E-state index is 12.7. The second-order valence-electron chi connectivity index (χ2n) is 8.08. The summed E-state index contributed by atoms with van der Waals surface area (Å²) in [6.45, 7) is 2.55. The minimum atomic E-state index is -0.269. The van der Waals surface area contributed by atoms with Crippen LogP contribution in [0.15, 0.2) is 77.8 Å². The van der Waals surface area contributed by atoms with Crippen molar-refractivity contribution in [3.63, 3.8) is 0 Å². The maximum atomic E-state index is 12.7. The Bertz CT molecular complexity index is 1480. The highest BCUT2D eigenvalue weighted by Crippen LogP contribution is 2.33. The van der Waals surface area contributed by atoms with Crippen LogP contribution in [0.2, 0.25) is 5.02 Å². The van der Waals surface area contributed by atoms with Crippen molar-refractivity contribution in [2.75, 3.05) is 5.32 Å². The lowest BCUT2D eigenvalue weighted by molar-refractivity contribution is -0.116. The molecule has 4 aromatic rings. The summed E-state index contributed by atoms with van der Waals surface area (Å²) in [4.78, 5) is 13.4. The van der Waals surface area contributed by atoms with Gasteiger partial charge in [0, 0.05) is 39.9 Å². The molecule has 34 heavy (non-hydrogen) atoms. The smallest absolute Gasteiger partial charge is 0.260 e. The molecular formula is C27H21ClN4OS. The van der Waals surface area contributed by atoms with Gasteiger partial charge in [-0.15, -0.1) is 0 Å². The Morgan fingerprint density at radius 2 is 1.97 bits per heavy atom. The number of halogens is 1. The van der Waals surface area contributed by atoms with Crippen molar-refractivity contribution in [1.82, 2.24) is 9.88 Å². The normalized spacial score (nSPS) is 16.6. The molecule has 1 saturated heterocycles. The molecule has 3 aromatic carbocycles. The number of para-hydroxylation sites is 1. The minimum absolute atomic E-state index is 0.110. The zero-order chi connectivity index (χ0) is 23.7. The van der Waals surface area contributed by atoms with Gasteiger partial charge in [0.25, 0.3) is 5.91 Å². The summed E-state index contributed by atoms with van der Waals surface area (Å²) in [5.41, 5.74) is 5.31. The van der Waals surface area contributed by atoms with E-state index in [2.05, 4.69) is 33.4 Å². The fourth-order valence-electron chi connectivity index (χ4n) is 4.11. The van der Waals surface area contributed by atoms with Crippen LogP contribution in [-0.4, -0.2) is 16.0 Å². The predicted molar refractivity (Wildman–Crippen MR) is 140 cm³/mol. The molecule has 1 aliphatic rings. The van der Waals surface area contributed by atoms with E-state index in [1.165, 1.54) is 11.8 Å². The first-order chi connectivity index (χ1) is 16.5. The van der Waals surface area contributed by atoms with Gasteiger partial charge in [-0.3, -0.25) is 4.79 Å². The number of benzene rings is 3. The van der Waals surface area contributed by atoms with Gasteiger partial charge >= 0.3 is 0 Å². The number of carbonyl (C=O) groups is 1. The van der Waals surface area contributed by atoms with E-state index in [0.717, 1.165) is 33.3 Å². The summed E-state index contributed by atoms with van der Waals surface area (Å²) < 4.78 is 2.13. The van der Waals surface area contributed by atoms with Crippen molar-refractivity contribution < 1.29 is 4.79 Å². The number of anilines is 1. The Labute approximate surface area is 207 Å². The van der Waals surface area contributed by atoms with Crippen molar-refractivity contribution in [1.29, 1.82) is 5.26 Å². The van der Waals surface area contributed by atoms with Crippen LogP contribution in [0.4, 0.5) is 5.69 Å². The number of fused-ring (bicyclic) bond motifs is 1. The van der Waals surface area contributed by atoms with Crippen LogP contribution >= 0.6 is 23.4 Å². The molecule has 168 valence electrons. The summed E-state index contributed by atoms with van der Waals surface area (Å²) in [7, 11) is 0. The second kappa shape index (κ2) is 9.30. The van der Waals surface area contributed by atoms with Crippen LogP contribution in [0.1, 0.15) is 22.3 Å². The van der Waals surface area contributed by atoms with Gasteiger partial charge in [0.1, 0.15) is 0 Å². The summed E-state index contributed by atoms with van der Waals surface area (Å²) in [6.07, 6.45) is 3.98. The van der Waals surface area contributed by atoms with Crippen LogP contribution in [0, 0.1) is 18.3 Å². The Balaban J connectivity index is 1.44. The number of aryl methyl sites for hydroxylation is 1. The molecule has 1 atom stereocenters. The van der Waals surface area contributed by atoms with Crippen molar-refractivity contribution in [3.05, 3.63) is 105 Å². The Morgan fingerprint density at radius 1 is 1.18 bits per heavy atom. The van der Waals surface area contributed by atoms with Crippen molar-refractivity contribution in [2.45, 2.75) is 19.0 Å². The topological polar surface area (TPSA) is 69.8 Å². The van der Waals surface area contributed by atoms with E-state index in [4.69, 9.17) is 11.6 Å². The van der Waals surface area contributed by atoms with Crippen LogP contribution in [0.25, 0.3) is 17.0 Å². The quantitative estimate of drug-likeness (QED) is 0.335. The summed E-state index contributed by atoms with van der Waals surface area (Å²) in [5, 5.41) is 17.6. The summed E-state index contributed by atoms with van der Waals surface area (Å²) in [6, 6.07) is 23.6. The van der Waals surface area contributed by atoms with E-state index in [1.807, 2.05) is 73.8 Å². The van der Waals surface area contributed by atoms with Gasteiger partial charge in [0.2, 0.25) is 0 Å². The van der Waals surface area contributed by atoms with E-state index in [1.54, 1.807) is 0 Å². The van der Waals surface area contributed by atoms with Gasteiger partial charge in [-0.1, -0.05) is 59.8 Å². The van der Waals surface area contributed by atoms with E-state index in [0.29, 0.717) is 22.0 Å². The standard InChI is InChI=1S/C27H21ClN4OS/c1-17-12-21(28)10-11-23(17)30-27-31-26(33)25(34-27)13-20-16-32(24-9-5-4-8-22(20)24)15-19-7-3-2-6-18(19)14-29/h2-13,16,27,30H,15H2,1H3,(H,31,33)/b25-13-. The van der Waals surface area contributed by atoms with Crippen LogP contribution < -0.4 is 10.6 Å². The number of aromatic nitrogens is 1. The fourth-order valence-corrected chi connectivity index (χ4v) is 5.30. The van der Waals surface area contributed by atoms with Crippen LogP contribution in [0.5, 0.6) is 0 Å². The SMILES string of the molecule is Cc1cc(Cl)ccc1NC1NC(=O)/C(=C/c2cn(Cc3ccccc3C#N)c3ccccc23)S1. The zero-order valence-electron chi connectivity index (χ0n) is 18.4. The van der Waals surface area contributed by atoms with Gasteiger partial charge in [-0.25, -0.2) is 0 Å². The van der Waals surface area contributed by atoms with Gasteiger partial charge in [0.05, 0.1) is 16.5 Å². The molecule has 7 heteroatoms. The third-order valence-electron chi connectivity index (χ3n) is 5.79. The molecule has 0 aliphatic carbocycles. The molecule has 1 unspecified atom stereocenters. The number of nitriles is 1. The lowest BCUT2D eigenvalue weighted by Gasteiger charge is -2.14. The number of nitrogens with zero attached hydrogens (tertiary/aromatic N) is 2. The third kappa shape index (κ3) is 4.41. The van der Waals surface area contributed by atoms with E-state index >= 15 is 0 Å². The molecule has 2 heterocycles. The van der Waals surface area contributed by atoms with E-state index in [9.17, 15) is 10.1 Å². The average Bonchev–Trinajstić information content (AvgIpc) is 3.36. The average molecular weight is 485 g/mol. The van der Waals surface area contributed by atoms with Gasteiger partial charge < -0.3 is 15.2 Å². The second-order valence-corrected chi connectivity index (χ2v) is 9.67. The predicted octanol–water partition coefficient (Wildman–Crippen LogP) is 6.12. The van der Waals surface area contributed by atoms with Crippen molar-refractivity contribution in [2.24, 2.45) is 0 Å². The molecule has 0 bridgehead atoms. The van der Waals surface area contributed by atoms with Gasteiger partial charge in [-0.2, -0.15) is 5.26 Å². The Morgan fingerprint density at radius 3 is 2.79 bits per heavy atom. The Kier molecular flexibility index (Phi) is 6.06. The van der Waals surface area contributed by atoms with E-state index < -0.39 is 0 Å². The maximum Gasteiger partial charge on any atom is 0.260 e. The molecule has 0 spiro atoms. The molecule has 0 radical (unpaired) electrons. The first kappa shape index (κ1) is 22.1. The minimum Gasteiger partial charge on any atom is -0.356 e. The molecule has 5 rings (SSSR count). The molecule has 0 saturated carbocycles. The number of amides is 1. The molecule has 2 N–H and O–H groups in total. The number of thioether (sulfide) groups is 1. The first-order valence-electron chi connectivity index (χ1n) is 10.8. The van der Waals surface area contributed by atoms with Crippen LogP contribution in [0.3, 0.4) is 0 Å². The molecule has 1 aliphatic heterocycles. The van der Waals surface area contributed by atoms with E-state index in [-0.39, 0.29) is 11.4 Å². The number of hydrogen-bond donors (Lipinski definition) is 2. The lowest BCUT2D eigenvalue weighted by Crippen LogP contribution is -2.31. The third-order valence-corrected chi connectivity index (χ3v) is 7.05. The van der Waals surface area contributed by atoms with Gasteiger partial charge in [-0.05, 0) is 54.5 Å². The number of rotatable bonds is 5. The van der Waals surface area contributed by atoms with Crippen molar-refractivity contribution >= 4 is 51.9 Å². The lowest BCUT2D eigenvalue weighted by atomic mass is 10.1. The zero-order valence-corrected chi connectivity index (χ0v) is 20.0. The number of carbonyl (C=O) groups excluding carboxylic acids is 1. The Hall–Kier alpha value is -3.66. The van der Waals surface area contributed by atoms with Crippen molar-refractivity contribution in [3.8, 4) is 6.07 Å². The molecule has 1 fully saturated rings. The largest absolute Gasteiger partial charge is 0.356 e. The first-order valence-corrected chi connectivity index (χ1v) is 12.1. The van der Waals surface area contributed by atoms with Crippen LogP contribution in [-0.2, 0) is 11.3 Å². The molecule has 1 aromatic heterocycles. The molecule has 5 nitrogen and oxygen atoms in total. The highest BCUT2D eigenvalue weighted by Gasteiger charge is 2.28. The molecule has 1 amide bonds. The molecular weight excluding hydrogens is 464 g/mol. The van der Waals surface area contributed by atoms with Gasteiger partial charge in [0.15, 0.2) is 5.50 Å². The summed E-state index contributed by atoms with van der Waals surface area (Å²) in [5.74, 6) is -0.110. The number of hydrogen-bond acceptors (Lipinski definition) is 4. The highest BCUT2D eigenvalue weighted by molar-refractivity contribution is 8.05. The summed E-state index contributed by atoms with van der Waals surface area (Å²) >= 11 is 7.51. The number of nitrogens with one attached hydrogen (secondary N) is 2. The highest BCUT2D eigenvalue weighted by atomic mass is 35.5.